The summed E-state index contributed by atoms with van der Waals surface area (Å²) in [5.41, 5.74) is 0.675. The zero-order valence-corrected chi connectivity index (χ0v) is 13.7. The third-order valence-corrected chi connectivity index (χ3v) is 4.42. The maximum absolute atomic E-state index is 12.0. The molecular formula is C14H25N3O2S. The van der Waals surface area contributed by atoms with Crippen LogP contribution in [0.3, 0.4) is 0 Å². The van der Waals surface area contributed by atoms with Crippen LogP contribution < -0.4 is 10.0 Å². The van der Waals surface area contributed by atoms with Gasteiger partial charge < -0.3 is 10.2 Å². The van der Waals surface area contributed by atoms with Crippen LogP contribution in [0.2, 0.25) is 0 Å². The minimum atomic E-state index is -3.44. The van der Waals surface area contributed by atoms with E-state index < -0.39 is 10.0 Å². The molecule has 0 amide bonds. The summed E-state index contributed by atoms with van der Waals surface area (Å²) >= 11 is 0. The van der Waals surface area contributed by atoms with E-state index in [1.807, 2.05) is 20.2 Å². The second kappa shape index (κ2) is 6.56. The fourth-order valence-corrected chi connectivity index (χ4v) is 3.11. The molecule has 0 spiro atoms. The Hall–Kier alpha value is -1.11. The maximum Gasteiger partial charge on any atom is 0.242 e. The van der Waals surface area contributed by atoms with E-state index in [2.05, 4.69) is 28.8 Å². The summed E-state index contributed by atoms with van der Waals surface area (Å²) in [6.07, 6.45) is 0. The Morgan fingerprint density at radius 1 is 1.20 bits per heavy atom. The molecule has 0 saturated heterocycles. The number of benzene rings is 1. The Morgan fingerprint density at radius 2 is 1.80 bits per heavy atom. The lowest BCUT2D eigenvalue weighted by molar-refractivity contribution is 0.254. The molecule has 6 heteroatoms. The Bertz CT molecular complexity index is 539. The van der Waals surface area contributed by atoms with Gasteiger partial charge in [-0.05, 0) is 38.7 Å². The number of nitrogens with one attached hydrogen (secondary N) is 2. The fourth-order valence-electron chi connectivity index (χ4n) is 2.20. The van der Waals surface area contributed by atoms with Crippen LogP contribution >= 0.6 is 0 Å². The van der Waals surface area contributed by atoms with Gasteiger partial charge in [0.2, 0.25) is 10.0 Å². The molecule has 0 aliphatic heterocycles. The van der Waals surface area contributed by atoms with Crippen LogP contribution in [0.5, 0.6) is 0 Å². The zero-order valence-electron chi connectivity index (χ0n) is 12.9. The summed E-state index contributed by atoms with van der Waals surface area (Å²) in [4.78, 5) is 2.40. The molecular weight excluding hydrogens is 274 g/mol. The number of hydrogen-bond donors (Lipinski definition) is 2. The lowest BCUT2D eigenvalue weighted by Gasteiger charge is -2.29. The van der Waals surface area contributed by atoms with Gasteiger partial charge in [0, 0.05) is 13.1 Å². The van der Waals surface area contributed by atoms with Gasteiger partial charge >= 0.3 is 0 Å². The van der Waals surface area contributed by atoms with Crippen molar-refractivity contribution in [1.29, 1.82) is 0 Å². The van der Waals surface area contributed by atoms with Crippen molar-refractivity contribution >= 4 is 15.7 Å². The van der Waals surface area contributed by atoms with E-state index in [0.29, 0.717) is 12.2 Å². The Morgan fingerprint density at radius 3 is 2.35 bits per heavy atom. The smallest absolute Gasteiger partial charge is 0.242 e. The predicted octanol–water partition coefficient (Wildman–Crippen LogP) is 1.59. The van der Waals surface area contributed by atoms with E-state index in [0.717, 1.165) is 6.54 Å². The minimum Gasteiger partial charge on any atom is -0.383 e. The minimum absolute atomic E-state index is 0.0417. The Kier molecular flexibility index (Phi) is 5.56. The summed E-state index contributed by atoms with van der Waals surface area (Å²) in [5.74, 6) is 0. The highest BCUT2D eigenvalue weighted by atomic mass is 32.2. The number of sulfonamides is 1. The van der Waals surface area contributed by atoms with Gasteiger partial charge in [-0.2, -0.15) is 0 Å². The molecule has 1 aromatic carbocycles. The first-order valence-corrected chi connectivity index (χ1v) is 8.07. The van der Waals surface area contributed by atoms with Crippen molar-refractivity contribution in [2.24, 2.45) is 5.41 Å². The van der Waals surface area contributed by atoms with Crippen molar-refractivity contribution in [3.05, 3.63) is 24.3 Å². The highest BCUT2D eigenvalue weighted by Crippen LogP contribution is 2.23. The van der Waals surface area contributed by atoms with E-state index in [1.165, 1.54) is 7.05 Å². The van der Waals surface area contributed by atoms with Crippen LogP contribution in [-0.2, 0) is 10.0 Å². The first-order chi connectivity index (χ1) is 9.18. The van der Waals surface area contributed by atoms with Crippen LogP contribution in [0.15, 0.2) is 29.2 Å². The van der Waals surface area contributed by atoms with Gasteiger partial charge in [0.1, 0.15) is 4.90 Å². The van der Waals surface area contributed by atoms with Crippen LogP contribution in [0.25, 0.3) is 0 Å². The number of nitrogens with zero attached hydrogens (tertiary/aromatic N) is 1. The molecule has 2 N–H and O–H groups in total. The molecule has 1 rings (SSSR count). The zero-order chi connectivity index (χ0) is 15.4. The summed E-state index contributed by atoms with van der Waals surface area (Å²) in [7, 11) is 2.03. The van der Waals surface area contributed by atoms with E-state index in [4.69, 9.17) is 0 Å². The van der Waals surface area contributed by atoms with Gasteiger partial charge in [-0.3, -0.25) is 0 Å². The fraction of sp³-hybridized carbons (Fsp3) is 0.571. The lowest BCUT2D eigenvalue weighted by atomic mass is 9.93. The number of anilines is 1. The topological polar surface area (TPSA) is 61.4 Å². The SMILES string of the molecule is CNS(=O)(=O)c1ccccc1NCC(C)(C)CN(C)C. The molecule has 0 fully saturated rings. The quantitative estimate of drug-likeness (QED) is 0.803. The average molecular weight is 299 g/mol. The molecule has 1 aromatic rings. The largest absolute Gasteiger partial charge is 0.383 e. The van der Waals surface area contributed by atoms with Crippen LogP contribution in [0.1, 0.15) is 13.8 Å². The molecule has 0 aliphatic rings. The normalized spacial score (nSPS) is 12.7. The third-order valence-electron chi connectivity index (χ3n) is 2.95. The molecule has 5 nitrogen and oxygen atoms in total. The first-order valence-electron chi connectivity index (χ1n) is 6.59. The van der Waals surface area contributed by atoms with Crippen molar-refractivity contribution in [3.63, 3.8) is 0 Å². The van der Waals surface area contributed by atoms with Gasteiger partial charge in [-0.25, -0.2) is 13.1 Å². The molecule has 0 aromatic heterocycles. The van der Waals surface area contributed by atoms with E-state index >= 15 is 0 Å². The molecule has 0 heterocycles. The maximum atomic E-state index is 12.0. The van der Waals surface area contributed by atoms with Crippen molar-refractivity contribution in [1.82, 2.24) is 9.62 Å². The van der Waals surface area contributed by atoms with Crippen molar-refractivity contribution in [2.75, 3.05) is 39.5 Å². The second-order valence-electron chi connectivity index (χ2n) is 5.96. The molecule has 0 unspecified atom stereocenters. The van der Waals surface area contributed by atoms with Crippen molar-refractivity contribution in [3.8, 4) is 0 Å². The lowest BCUT2D eigenvalue weighted by Crippen LogP contribution is -2.34. The molecule has 20 heavy (non-hydrogen) atoms. The van der Waals surface area contributed by atoms with Crippen molar-refractivity contribution < 1.29 is 8.42 Å². The average Bonchev–Trinajstić information content (AvgIpc) is 2.35. The van der Waals surface area contributed by atoms with E-state index in [1.54, 1.807) is 18.2 Å². The molecule has 0 aliphatic carbocycles. The molecule has 114 valence electrons. The summed E-state index contributed by atoms with van der Waals surface area (Å²) in [6.45, 7) is 5.91. The van der Waals surface area contributed by atoms with E-state index in [9.17, 15) is 8.42 Å². The molecule has 0 bridgehead atoms. The summed E-state index contributed by atoms with van der Waals surface area (Å²) in [6, 6.07) is 6.94. The Labute approximate surface area is 122 Å². The third kappa shape index (κ3) is 4.77. The summed E-state index contributed by atoms with van der Waals surface area (Å²) in [5, 5.41) is 3.25. The second-order valence-corrected chi connectivity index (χ2v) is 7.81. The first kappa shape index (κ1) is 16.9. The number of rotatable bonds is 7. The van der Waals surface area contributed by atoms with E-state index in [-0.39, 0.29) is 10.3 Å². The number of hydrogen-bond acceptors (Lipinski definition) is 4. The van der Waals surface area contributed by atoms with Gasteiger partial charge in [0.15, 0.2) is 0 Å². The predicted molar refractivity (Wildman–Crippen MR) is 83.5 cm³/mol. The molecule has 0 radical (unpaired) electrons. The van der Waals surface area contributed by atoms with Gasteiger partial charge in [-0.1, -0.05) is 26.0 Å². The van der Waals surface area contributed by atoms with Crippen molar-refractivity contribution in [2.45, 2.75) is 18.7 Å². The van der Waals surface area contributed by atoms with Crippen LogP contribution in [0, 0.1) is 5.41 Å². The molecule has 0 saturated carbocycles. The monoisotopic (exact) mass is 299 g/mol. The highest BCUT2D eigenvalue weighted by molar-refractivity contribution is 7.89. The van der Waals surface area contributed by atoms with Crippen LogP contribution in [-0.4, -0.2) is 47.6 Å². The van der Waals surface area contributed by atoms with Gasteiger partial charge in [-0.15, -0.1) is 0 Å². The molecule has 0 atom stereocenters. The highest BCUT2D eigenvalue weighted by Gasteiger charge is 2.21. The Balaban J connectivity index is 2.89. The van der Waals surface area contributed by atoms with Crippen LogP contribution in [0.4, 0.5) is 5.69 Å². The number of para-hydroxylation sites is 1. The van der Waals surface area contributed by atoms with Gasteiger partial charge in [0.25, 0.3) is 0 Å². The standard InChI is InChI=1S/C14H25N3O2S/c1-14(2,11-17(4)5)10-16-12-8-6-7-9-13(12)20(18,19)15-3/h6-9,15-16H,10-11H2,1-5H3. The van der Waals surface area contributed by atoms with Gasteiger partial charge in [0.05, 0.1) is 5.69 Å². The summed E-state index contributed by atoms with van der Waals surface area (Å²) < 4.78 is 26.3.